The molecule has 70 valence electrons. The minimum Gasteiger partial charge on any atom is -0.476 e. The molecule has 1 heterocycles. The first-order chi connectivity index (χ1) is 6.29. The SMILES string of the molecule is CCOc1nccnc1/C(N)=N/O. The Bertz CT molecular complexity index is 313. The molecule has 0 aromatic carbocycles. The van der Waals surface area contributed by atoms with Gasteiger partial charge in [0.2, 0.25) is 5.88 Å². The highest BCUT2D eigenvalue weighted by Gasteiger charge is 2.09. The lowest BCUT2D eigenvalue weighted by Gasteiger charge is -2.04. The number of ether oxygens (including phenoxy) is 1. The van der Waals surface area contributed by atoms with Crippen molar-refractivity contribution in [3.63, 3.8) is 0 Å². The van der Waals surface area contributed by atoms with Gasteiger partial charge in [0, 0.05) is 12.4 Å². The molecule has 1 aromatic heterocycles. The molecule has 13 heavy (non-hydrogen) atoms. The van der Waals surface area contributed by atoms with Crippen molar-refractivity contribution < 1.29 is 9.94 Å². The molecule has 0 unspecified atom stereocenters. The van der Waals surface area contributed by atoms with E-state index in [4.69, 9.17) is 15.7 Å². The van der Waals surface area contributed by atoms with Crippen molar-refractivity contribution in [3.05, 3.63) is 18.1 Å². The van der Waals surface area contributed by atoms with Crippen LogP contribution in [0, 0.1) is 0 Å². The summed E-state index contributed by atoms with van der Waals surface area (Å²) in [5.74, 6) is 0.150. The Balaban J connectivity index is 3.04. The molecule has 1 aromatic rings. The maximum Gasteiger partial charge on any atom is 0.243 e. The molecule has 0 aliphatic rings. The van der Waals surface area contributed by atoms with Crippen molar-refractivity contribution in [2.24, 2.45) is 10.9 Å². The molecule has 0 aliphatic heterocycles. The molecule has 0 radical (unpaired) electrons. The fraction of sp³-hybridized carbons (Fsp3) is 0.286. The van der Waals surface area contributed by atoms with E-state index in [-0.39, 0.29) is 17.4 Å². The molecule has 0 bridgehead atoms. The monoisotopic (exact) mass is 182 g/mol. The van der Waals surface area contributed by atoms with Gasteiger partial charge in [-0.2, -0.15) is 0 Å². The summed E-state index contributed by atoms with van der Waals surface area (Å²) in [7, 11) is 0. The second-order valence-corrected chi connectivity index (χ2v) is 2.13. The third kappa shape index (κ3) is 2.05. The largest absolute Gasteiger partial charge is 0.476 e. The summed E-state index contributed by atoms with van der Waals surface area (Å²) in [4.78, 5) is 7.75. The van der Waals surface area contributed by atoms with Crippen LogP contribution in [0.2, 0.25) is 0 Å². The lowest BCUT2D eigenvalue weighted by Crippen LogP contribution is -2.17. The van der Waals surface area contributed by atoms with Crippen molar-refractivity contribution in [3.8, 4) is 5.88 Å². The van der Waals surface area contributed by atoms with Crippen LogP contribution in [0.1, 0.15) is 12.6 Å². The molecular weight excluding hydrogens is 172 g/mol. The van der Waals surface area contributed by atoms with Crippen molar-refractivity contribution in [1.82, 2.24) is 9.97 Å². The molecular formula is C7H10N4O2. The second kappa shape index (κ2) is 4.24. The quantitative estimate of drug-likeness (QED) is 0.296. The standard InChI is InChI=1S/C7H10N4O2/c1-2-13-7-5(6(8)11-12)9-3-4-10-7/h3-4,12H,2H2,1H3,(H2,8,11). The Morgan fingerprint density at radius 2 is 2.31 bits per heavy atom. The van der Waals surface area contributed by atoms with Gasteiger partial charge in [-0.05, 0) is 6.92 Å². The van der Waals surface area contributed by atoms with Gasteiger partial charge in [-0.3, -0.25) is 0 Å². The number of rotatable bonds is 3. The third-order valence-corrected chi connectivity index (χ3v) is 1.30. The Labute approximate surface area is 75.1 Å². The normalized spacial score (nSPS) is 11.3. The average Bonchev–Trinajstić information content (AvgIpc) is 2.18. The first-order valence-corrected chi connectivity index (χ1v) is 3.71. The van der Waals surface area contributed by atoms with Crippen LogP contribution >= 0.6 is 0 Å². The predicted octanol–water partition coefficient (Wildman–Crippen LogP) is -0.0302. The van der Waals surface area contributed by atoms with Gasteiger partial charge >= 0.3 is 0 Å². The van der Waals surface area contributed by atoms with Crippen LogP contribution in [-0.2, 0) is 0 Å². The third-order valence-electron chi connectivity index (χ3n) is 1.30. The summed E-state index contributed by atoms with van der Waals surface area (Å²) in [5.41, 5.74) is 5.59. The zero-order valence-electron chi connectivity index (χ0n) is 7.14. The fourth-order valence-electron chi connectivity index (χ4n) is 0.791. The lowest BCUT2D eigenvalue weighted by molar-refractivity contribution is 0.313. The number of hydrogen-bond acceptors (Lipinski definition) is 5. The molecule has 0 amide bonds. The van der Waals surface area contributed by atoms with Crippen molar-refractivity contribution in [2.45, 2.75) is 6.92 Å². The topological polar surface area (TPSA) is 93.6 Å². The van der Waals surface area contributed by atoms with E-state index in [0.29, 0.717) is 6.61 Å². The number of hydrogen-bond donors (Lipinski definition) is 2. The van der Waals surface area contributed by atoms with Crippen LogP contribution in [0.3, 0.4) is 0 Å². The van der Waals surface area contributed by atoms with Crippen molar-refractivity contribution in [1.29, 1.82) is 0 Å². The van der Waals surface area contributed by atoms with Crippen molar-refractivity contribution in [2.75, 3.05) is 6.61 Å². The lowest BCUT2D eigenvalue weighted by atomic mass is 10.4. The number of nitrogens with zero attached hydrogens (tertiary/aromatic N) is 3. The minimum absolute atomic E-state index is 0.114. The summed E-state index contributed by atoms with van der Waals surface area (Å²) in [5, 5.41) is 11.2. The van der Waals surface area contributed by atoms with Gasteiger partial charge < -0.3 is 15.7 Å². The molecule has 0 aliphatic carbocycles. The minimum atomic E-state index is -0.114. The highest BCUT2D eigenvalue weighted by Crippen LogP contribution is 2.10. The van der Waals surface area contributed by atoms with Gasteiger partial charge in [-0.1, -0.05) is 5.16 Å². The van der Waals surface area contributed by atoms with Gasteiger partial charge in [0.15, 0.2) is 11.5 Å². The highest BCUT2D eigenvalue weighted by molar-refractivity contribution is 5.97. The molecule has 0 saturated carbocycles. The predicted molar refractivity (Wildman–Crippen MR) is 45.7 cm³/mol. The van der Waals surface area contributed by atoms with Gasteiger partial charge in [0.05, 0.1) is 6.61 Å². The van der Waals surface area contributed by atoms with E-state index in [0.717, 1.165) is 0 Å². The molecule has 0 spiro atoms. The Kier molecular flexibility index (Phi) is 3.02. The fourth-order valence-corrected chi connectivity index (χ4v) is 0.791. The second-order valence-electron chi connectivity index (χ2n) is 2.13. The number of oxime groups is 1. The maximum absolute atomic E-state index is 8.42. The van der Waals surface area contributed by atoms with E-state index >= 15 is 0 Å². The van der Waals surface area contributed by atoms with Gasteiger partial charge in [-0.15, -0.1) is 0 Å². The average molecular weight is 182 g/mol. The van der Waals surface area contributed by atoms with E-state index in [1.165, 1.54) is 12.4 Å². The molecule has 6 nitrogen and oxygen atoms in total. The van der Waals surface area contributed by atoms with Crippen molar-refractivity contribution >= 4 is 5.84 Å². The van der Waals surface area contributed by atoms with Gasteiger partial charge in [0.25, 0.3) is 0 Å². The van der Waals surface area contributed by atoms with E-state index in [9.17, 15) is 0 Å². The summed E-state index contributed by atoms with van der Waals surface area (Å²) < 4.78 is 5.11. The summed E-state index contributed by atoms with van der Waals surface area (Å²) in [6, 6.07) is 0. The Morgan fingerprint density at radius 1 is 1.62 bits per heavy atom. The van der Waals surface area contributed by atoms with E-state index < -0.39 is 0 Å². The molecule has 1 rings (SSSR count). The van der Waals surface area contributed by atoms with Crippen LogP contribution in [0.4, 0.5) is 0 Å². The van der Waals surface area contributed by atoms with Gasteiger partial charge in [0.1, 0.15) is 0 Å². The highest BCUT2D eigenvalue weighted by atomic mass is 16.5. The molecule has 0 saturated heterocycles. The van der Waals surface area contributed by atoms with E-state index in [2.05, 4.69) is 15.1 Å². The van der Waals surface area contributed by atoms with Crippen LogP contribution < -0.4 is 10.5 Å². The zero-order valence-corrected chi connectivity index (χ0v) is 7.14. The zero-order chi connectivity index (χ0) is 9.68. The first kappa shape index (κ1) is 9.24. The van der Waals surface area contributed by atoms with E-state index in [1.807, 2.05) is 6.92 Å². The molecule has 0 fully saturated rings. The van der Waals surface area contributed by atoms with Crippen LogP contribution in [0.15, 0.2) is 17.5 Å². The summed E-state index contributed by atoms with van der Waals surface area (Å²) in [6.07, 6.45) is 2.91. The first-order valence-electron chi connectivity index (χ1n) is 3.71. The summed E-state index contributed by atoms with van der Waals surface area (Å²) in [6.45, 7) is 2.26. The number of aromatic nitrogens is 2. The molecule has 6 heteroatoms. The van der Waals surface area contributed by atoms with E-state index in [1.54, 1.807) is 0 Å². The Morgan fingerprint density at radius 3 is 2.92 bits per heavy atom. The Hall–Kier alpha value is -1.85. The smallest absolute Gasteiger partial charge is 0.243 e. The number of amidine groups is 1. The maximum atomic E-state index is 8.42. The molecule has 3 N–H and O–H groups in total. The van der Waals surface area contributed by atoms with Crippen LogP contribution in [0.25, 0.3) is 0 Å². The summed E-state index contributed by atoms with van der Waals surface area (Å²) >= 11 is 0. The van der Waals surface area contributed by atoms with Crippen LogP contribution in [0.5, 0.6) is 5.88 Å². The van der Waals surface area contributed by atoms with Gasteiger partial charge in [-0.25, -0.2) is 9.97 Å². The molecule has 0 atom stereocenters. The number of nitrogens with two attached hydrogens (primary N) is 1. The van der Waals surface area contributed by atoms with Crippen LogP contribution in [-0.4, -0.2) is 27.6 Å².